The second-order valence-electron chi connectivity index (χ2n) is 8.51. The highest BCUT2D eigenvalue weighted by Crippen LogP contribution is 2.42. The lowest BCUT2D eigenvalue weighted by atomic mass is 9.88. The Bertz CT molecular complexity index is 823. The summed E-state index contributed by atoms with van der Waals surface area (Å²) in [4.78, 5) is 22.6. The van der Waals surface area contributed by atoms with E-state index >= 15 is 0 Å². The van der Waals surface area contributed by atoms with Crippen molar-refractivity contribution < 1.29 is 23.8 Å². The van der Waals surface area contributed by atoms with Gasteiger partial charge >= 0.3 is 11.9 Å². The first kappa shape index (κ1) is 27.3. The average molecular weight is 497 g/mol. The molecular weight excluding hydrogens is 463 g/mol. The van der Waals surface area contributed by atoms with Gasteiger partial charge in [0.25, 0.3) is 0 Å². The topological polar surface area (TPSA) is 61.8 Å². The molecule has 7 heteroatoms. The van der Waals surface area contributed by atoms with Crippen molar-refractivity contribution in [3.05, 3.63) is 53.6 Å². The SMILES string of the molecule is C=CCOC(=O)CCC/C=C\C[C@@H]1[C@@H](COc2cc(Cl)cc(COC(C)=O)c2)[C@H](C)C[C@H]1Cl. The summed E-state index contributed by atoms with van der Waals surface area (Å²) in [5.41, 5.74) is 0.787. The van der Waals surface area contributed by atoms with E-state index in [-0.39, 0.29) is 30.5 Å². The summed E-state index contributed by atoms with van der Waals surface area (Å²) in [7, 11) is 0. The van der Waals surface area contributed by atoms with Crippen LogP contribution in [0.1, 0.15) is 51.5 Å². The number of alkyl halides is 1. The second kappa shape index (κ2) is 14.3. The summed E-state index contributed by atoms with van der Waals surface area (Å²) < 4.78 is 16.1. The van der Waals surface area contributed by atoms with Gasteiger partial charge < -0.3 is 14.2 Å². The molecule has 0 unspecified atom stereocenters. The second-order valence-corrected chi connectivity index (χ2v) is 9.51. The Labute approximate surface area is 207 Å². The third-order valence-corrected chi connectivity index (χ3v) is 6.57. The fourth-order valence-electron chi connectivity index (χ4n) is 4.13. The van der Waals surface area contributed by atoms with Gasteiger partial charge in [-0.05, 0) is 61.3 Å². The number of hydrogen-bond donors (Lipinski definition) is 0. The molecule has 182 valence electrons. The minimum absolute atomic E-state index is 0.103. The van der Waals surface area contributed by atoms with Crippen molar-refractivity contribution in [2.75, 3.05) is 13.2 Å². The van der Waals surface area contributed by atoms with E-state index in [0.29, 0.717) is 41.6 Å². The smallest absolute Gasteiger partial charge is 0.306 e. The van der Waals surface area contributed by atoms with E-state index in [1.807, 2.05) is 6.07 Å². The van der Waals surface area contributed by atoms with Crippen LogP contribution in [0.2, 0.25) is 5.02 Å². The van der Waals surface area contributed by atoms with Crippen molar-refractivity contribution in [1.82, 2.24) is 0 Å². The fourth-order valence-corrected chi connectivity index (χ4v) is 4.95. The first-order valence-corrected chi connectivity index (χ1v) is 12.2. The van der Waals surface area contributed by atoms with Gasteiger partial charge in [-0.3, -0.25) is 9.59 Å². The maximum absolute atomic E-state index is 11.5. The van der Waals surface area contributed by atoms with Crippen LogP contribution in [0.4, 0.5) is 0 Å². The lowest BCUT2D eigenvalue weighted by molar-refractivity contribution is -0.143. The lowest BCUT2D eigenvalue weighted by Crippen LogP contribution is -2.23. The van der Waals surface area contributed by atoms with Crippen LogP contribution < -0.4 is 4.74 Å². The van der Waals surface area contributed by atoms with Crippen molar-refractivity contribution in [3.63, 3.8) is 0 Å². The van der Waals surface area contributed by atoms with Crippen molar-refractivity contribution in [3.8, 4) is 5.75 Å². The summed E-state index contributed by atoms with van der Waals surface area (Å²) in [6, 6.07) is 5.38. The zero-order valence-corrected chi connectivity index (χ0v) is 20.9. The molecule has 0 amide bonds. The van der Waals surface area contributed by atoms with Crippen LogP contribution in [0.15, 0.2) is 43.0 Å². The summed E-state index contributed by atoms with van der Waals surface area (Å²) in [5, 5.41) is 0.642. The number of carbonyl (C=O) groups is 2. The Hall–Kier alpha value is -1.98. The van der Waals surface area contributed by atoms with Gasteiger partial charge in [0.15, 0.2) is 0 Å². The van der Waals surface area contributed by atoms with Gasteiger partial charge in [-0.1, -0.05) is 43.3 Å². The van der Waals surface area contributed by atoms with Gasteiger partial charge in [0.05, 0.1) is 6.61 Å². The Morgan fingerprint density at radius 3 is 2.70 bits per heavy atom. The van der Waals surface area contributed by atoms with Crippen LogP contribution in [0.5, 0.6) is 5.75 Å². The standard InChI is InChI=1S/C26H34Cl2O5/c1-4-11-31-26(30)10-8-6-5-7-9-23-24(18(2)12-25(23)28)17-33-22-14-20(13-21(27)15-22)16-32-19(3)29/h4-5,7,13-15,18,23-25H,1,6,8-12,16-17H2,2-3H3/b7-5-/t18-,23-,24+,25-/m1/s1. The minimum Gasteiger partial charge on any atom is -0.493 e. The van der Waals surface area contributed by atoms with Gasteiger partial charge in [0, 0.05) is 29.7 Å². The van der Waals surface area contributed by atoms with Gasteiger partial charge in [0.1, 0.15) is 19.0 Å². The molecule has 1 aromatic carbocycles. The summed E-state index contributed by atoms with van der Waals surface area (Å²) in [6.07, 6.45) is 9.67. The Morgan fingerprint density at radius 1 is 1.18 bits per heavy atom. The normalized spacial score (nSPS) is 22.3. The molecule has 2 rings (SSSR count). The Balaban J connectivity index is 1.85. The highest BCUT2D eigenvalue weighted by atomic mass is 35.5. The molecule has 1 aliphatic carbocycles. The van der Waals surface area contributed by atoms with E-state index in [1.54, 1.807) is 18.2 Å². The van der Waals surface area contributed by atoms with E-state index in [2.05, 4.69) is 25.7 Å². The molecule has 1 aromatic rings. The predicted octanol–water partition coefficient (Wildman–Crippen LogP) is 6.51. The van der Waals surface area contributed by atoms with Crippen LogP contribution in [-0.2, 0) is 25.7 Å². The van der Waals surface area contributed by atoms with Crippen LogP contribution in [0, 0.1) is 17.8 Å². The van der Waals surface area contributed by atoms with Crippen molar-refractivity contribution >= 4 is 35.1 Å². The minimum atomic E-state index is -0.339. The molecule has 1 saturated carbocycles. The zero-order chi connectivity index (χ0) is 24.2. The van der Waals surface area contributed by atoms with E-state index in [0.717, 1.165) is 31.2 Å². The molecule has 0 spiro atoms. The predicted molar refractivity (Wildman–Crippen MR) is 132 cm³/mol. The number of halogens is 2. The highest BCUT2D eigenvalue weighted by molar-refractivity contribution is 6.30. The maximum Gasteiger partial charge on any atom is 0.306 e. The number of allylic oxidation sites excluding steroid dienone is 2. The molecule has 4 atom stereocenters. The first-order valence-electron chi connectivity index (χ1n) is 11.4. The zero-order valence-electron chi connectivity index (χ0n) is 19.4. The van der Waals surface area contributed by atoms with Gasteiger partial charge in [-0.15, -0.1) is 11.6 Å². The molecule has 5 nitrogen and oxygen atoms in total. The number of esters is 2. The molecule has 1 fully saturated rings. The van der Waals surface area contributed by atoms with Gasteiger partial charge in [0.2, 0.25) is 0 Å². The van der Waals surface area contributed by atoms with Crippen LogP contribution in [-0.4, -0.2) is 30.5 Å². The Kier molecular flexibility index (Phi) is 11.8. The van der Waals surface area contributed by atoms with Crippen LogP contribution in [0.3, 0.4) is 0 Å². The van der Waals surface area contributed by atoms with Crippen molar-refractivity contribution in [2.24, 2.45) is 17.8 Å². The molecular formula is C26H34Cl2O5. The highest BCUT2D eigenvalue weighted by Gasteiger charge is 2.39. The third kappa shape index (κ3) is 9.81. The van der Waals surface area contributed by atoms with Crippen LogP contribution in [0.25, 0.3) is 0 Å². The van der Waals surface area contributed by atoms with Crippen LogP contribution >= 0.6 is 23.2 Å². The number of benzene rings is 1. The molecule has 0 saturated heterocycles. The number of unbranched alkanes of at least 4 members (excludes halogenated alkanes) is 1. The van der Waals surface area contributed by atoms with E-state index in [1.165, 1.54) is 6.92 Å². The summed E-state index contributed by atoms with van der Waals surface area (Å²) in [6.45, 7) is 8.09. The lowest BCUT2D eigenvalue weighted by Gasteiger charge is -2.23. The Morgan fingerprint density at radius 2 is 1.97 bits per heavy atom. The maximum atomic E-state index is 11.5. The monoisotopic (exact) mass is 496 g/mol. The summed E-state index contributed by atoms with van der Waals surface area (Å²) in [5.74, 6) is 1.21. The molecule has 0 bridgehead atoms. The quantitative estimate of drug-likeness (QED) is 0.135. The molecule has 1 aliphatic rings. The molecule has 0 heterocycles. The molecule has 33 heavy (non-hydrogen) atoms. The largest absolute Gasteiger partial charge is 0.493 e. The fraction of sp³-hybridized carbons (Fsp3) is 0.538. The van der Waals surface area contributed by atoms with E-state index in [9.17, 15) is 9.59 Å². The number of carbonyl (C=O) groups excluding carboxylic acids is 2. The van der Waals surface area contributed by atoms with Gasteiger partial charge in [-0.2, -0.15) is 0 Å². The van der Waals surface area contributed by atoms with Crippen molar-refractivity contribution in [1.29, 1.82) is 0 Å². The van der Waals surface area contributed by atoms with Gasteiger partial charge in [-0.25, -0.2) is 0 Å². The molecule has 0 N–H and O–H groups in total. The molecule has 0 radical (unpaired) electrons. The van der Waals surface area contributed by atoms with E-state index in [4.69, 9.17) is 37.4 Å². The molecule has 0 aliphatic heterocycles. The first-order chi connectivity index (χ1) is 15.8. The number of hydrogen-bond acceptors (Lipinski definition) is 5. The number of rotatable bonds is 13. The molecule has 0 aromatic heterocycles. The summed E-state index contributed by atoms with van der Waals surface area (Å²) >= 11 is 12.9. The number of ether oxygens (including phenoxy) is 3. The van der Waals surface area contributed by atoms with Crippen molar-refractivity contribution in [2.45, 2.75) is 57.9 Å². The average Bonchev–Trinajstić information content (AvgIpc) is 3.03. The third-order valence-electron chi connectivity index (χ3n) is 5.85. The van der Waals surface area contributed by atoms with E-state index < -0.39 is 0 Å².